The van der Waals surface area contributed by atoms with Gasteiger partial charge in [-0.3, -0.25) is 4.72 Å². The van der Waals surface area contributed by atoms with Gasteiger partial charge in [0.1, 0.15) is 0 Å². The lowest BCUT2D eigenvalue weighted by atomic mass is 10.3. The van der Waals surface area contributed by atoms with Crippen LogP contribution >= 0.6 is 11.6 Å². The van der Waals surface area contributed by atoms with Crippen molar-refractivity contribution in [2.45, 2.75) is 4.90 Å². The number of aromatic nitrogens is 1. The zero-order chi connectivity index (χ0) is 17.0. The van der Waals surface area contributed by atoms with Gasteiger partial charge in [-0.2, -0.15) is 0 Å². The van der Waals surface area contributed by atoms with Crippen LogP contribution in [0.25, 0.3) is 0 Å². The van der Waals surface area contributed by atoms with Crippen molar-refractivity contribution in [3.05, 3.63) is 77.9 Å². The van der Waals surface area contributed by atoms with Crippen molar-refractivity contribution in [3.8, 4) is 0 Å². The van der Waals surface area contributed by atoms with Gasteiger partial charge in [-0.1, -0.05) is 35.9 Å². The summed E-state index contributed by atoms with van der Waals surface area (Å²) in [6.45, 7) is 0. The Labute approximate surface area is 145 Å². The molecule has 1 heterocycles. The molecule has 0 unspecified atom stereocenters. The number of hydrogen-bond acceptors (Lipinski definition) is 4. The standard InChI is InChI=1S/C17H14ClN3O2S/c18-13-6-4-9-15(12-13)24(22,23)21-16-10-5-11-19-17(16)20-14-7-2-1-3-8-14/h1-12,21H,(H,19,20). The third kappa shape index (κ3) is 3.84. The van der Waals surface area contributed by atoms with Crippen molar-refractivity contribution in [2.75, 3.05) is 10.0 Å². The lowest BCUT2D eigenvalue weighted by molar-refractivity contribution is 0.601. The van der Waals surface area contributed by atoms with Gasteiger partial charge in [0.05, 0.1) is 10.6 Å². The van der Waals surface area contributed by atoms with Crippen molar-refractivity contribution < 1.29 is 8.42 Å². The van der Waals surface area contributed by atoms with E-state index in [1.54, 1.807) is 30.5 Å². The number of pyridine rings is 1. The van der Waals surface area contributed by atoms with Crippen molar-refractivity contribution in [3.63, 3.8) is 0 Å². The van der Waals surface area contributed by atoms with Crippen LogP contribution in [0, 0.1) is 0 Å². The molecular formula is C17H14ClN3O2S. The third-order valence-electron chi connectivity index (χ3n) is 3.19. The number of para-hydroxylation sites is 1. The van der Waals surface area contributed by atoms with Gasteiger partial charge in [-0.25, -0.2) is 13.4 Å². The minimum absolute atomic E-state index is 0.0875. The summed E-state index contributed by atoms with van der Waals surface area (Å²) in [4.78, 5) is 4.29. The Morgan fingerprint density at radius 2 is 1.71 bits per heavy atom. The van der Waals surface area contributed by atoms with Crippen molar-refractivity contribution in [1.82, 2.24) is 4.98 Å². The van der Waals surface area contributed by atoms with Gasteiger partial charge < -0.3 is 5.32 Å². The topological polar surface area (TPSA) is 71.1 Å². The Bertz CT molecular complexity index is 947. The highest BCUT2D eigenvalue weighted by Crippen LogP contribution is 2.26. The first-order chi connectivity index (χ1) is 11.5. The smallest absolute Gasteiger partial charge is 0.262 e. The molecule has 0 bridgehead atoms. The Morgan fingerprint density at radius 3 is 2.46 bits per heavy atom. The van der Waals surface area contributed by atoms with Crippen LogP contribution < -0.4 is 10.0 Å². The average molecular weight is 360 g/mol. The van der Waals surface area contributed by atoms with Crippen molar-refractivity contribution in [1.29, 1.82) is 0 Å². The van der Waals surface area contributed by atoms with Crippen LogP contribution in [0.5, 0.6) is 0 Å². The number of nitrogens with zero attached hydrogens (tertiary/aromatic N) is 1. The molecule has 3 rings (SSSR count). The maximum absolute atomic E-state index is 12.5. The summed E-state index contributed by atoms with van der Waals surface area (Å²) in [6.07, 6.45) is 1.59. The molecule has 0 aliphatic rings. The second-order valence-electron chi connectivity index (χ2n) is 4.95. The van der Waals surface area contributed by atoms with Gasteiger partial charge >= 0.3 is 0 Å². The molecule has 3 aromatic rings. The molecular weight excluding hydrogens is 346 g/mol. The molecule has 0 aliphatic heterocycles. The van der Waals surface area contributed by atoms with Gasteiger partial charge in [0, 0.05) is 16.9 Å². The van der Waals surface area contributed by atoms with E-state index >= 15 is 0 Å². The van der Waals surface area contributed by atoms with E-state index in [9.17, 15) is 8.42 Å². The maximum Gasteiger partial charge on any atom is 0.262 e. The van der Waals surface area contributed by atoms with Crippen LogP contribution in [0.3, 0.4) is 0 Å². The van der Waals surface area contributed by atoms with Gasteiger partial charge in [-0.05, 0) is 42.5 Å². The molecule has 0 saturated carbocycles. The SMILES string of the molecule is O=S(=O)(Nc1cccnc1Nc1ccccc1)c1cccc(Cl)c1. The van der Waals surface area contributed by atoms with E-state index in [4.69, 9.17) is 11.6 Å². The molecule has 0 radical (unpaired) electrons. The molecule has 7 heteroatoms. The summed E-state index contributed by atoms with van der Waals surface area (Å²) in [5, 5.41) is 3.45. The largest absolute Gasteiger partial charge is 0.338 e. The zero-order valence-corrected chi connectivity index (χ0v) is 14.1. The fraction of sp³-hybridized carbons (Fsp3) is 0. The number of rotatable bonds is 5. The predicted octanol–water partition coefficient (Wildman–Crippen LogP) is 4.28. The Balaban J connectivity index is 1.90. The summed E-state index contributed by atoms with van der Waals surface area (Å²) in [5.74, 6) is 0.411. The molecule has 0 aliphatic carbocycles. The molecule has 122 valence electrons. The summed E-state index contributed by atoms with van der Waals surface area (Å²) >= 11 is 5.88. The highest BCUT2D eigenvalue weighted by atomic mass is 35.5. The Kier molecular flexibility index (Phi) is 4.69. The van der Waals surface area contributed by atoms with Crippen LogP contribution in [0.1, 0.15) is 0 Å². The van der Waals surface area contributed by atoms with E-state index in [0.29, 0.717) is 16.5 Å². The van der Waals surface area contributed by atoms with Gasteiger partial charge in [0.2, 0.25) is 0 Å². The van der Waals surface area contributed by atoms with E-state index < -0.39 is 10.0 Å². The van der Waals surface area contributed by atoms with Gasteiger partial charge in [0.15, 0.2) is 5.82 Å². The van der Waals surface area contributed by atoms with Crippen LogP contribution in [0.4, 0.5) is 17.2 Å². The summed E-state index contributed by atoms with van der Waals surface area (Å²) in [7, 11) is -3.77. The van der Waals surface area contributed by atoms with E-state index in [0.717, 1.165) is 5.69 Å². The number of sulfonamides is 1. The minimum Gasteiger partial charge on any atom is -0.338 e. The van der Waals surface area contributed by atoms with Crippen molar-refractivity contribution >= 4 is 38.8 Å². The lowest BCUT2D eigenvalue weighted by Gasteiger charge is -2.13. The van der Waals surface area contributed by atoms with Gasteiger partial charge in [-0.15, -0.1) is 0 Å². The first-order valence-electron chi connectivity index (χ1n) is 7.10. The second-order valence-corrected chi connectivity index (χ2v) is 7.07. The molecule has 0 amide bonds. The van der Waals surface area contributed by atoms with Gasteiger partial charge in [0.25, 0.3) is 10.0 Å². The Morgan fingerprint density at radius 1 is 0.917 bits per heavy atom. The summed E-state index contributed by atoms with van der Waals surface area (Å²) in [5.41, 5.74) is 1.15. The van der Waals surface area contributed by atoms with E-state index in [-0.39, 0.29) is 4.90 Å². The van der Waals surface area contributed by atoms with E-state index in [1.165, 1.54) is 12.1 Å². The fourth-order valence-electron chi connectivity index (χ4n) is 2.08. The normalized spacial score (nSPS) is 11.0. The van der Waals surface area contributed by atoms with Crippen LogP contribution in [0.2, 0.25) is 5.02 Å². The molecule has 1 aromatic heterocycles. The highest BCUT2D eigenvalue weighted by Gasteiger charge is 2.17. The van der Waals surface area contributed by atoms with Crippen molar-refractivity contribution in [2.24, 2.45) is 0 Å². The molecule has 0 spiro atoms. The maximum atomic E-state index is 12.5. The number of benzene rings is 2. The molecule has 2 aromatic carbocycles. The summed E-state index contributed by atoms with van der Waals surface area (Å²) < 4.78 is 27.6. The molecule has 24 heavy (non-hydrogen) atoms. The number of hydrogen-bond donors (Lipinski definition) is 2. The third-order valence-corrected chi connectivity index (χ3v) is 4.79. The second kappa shape index (κ2) is 6.90. The molecule has 0 saturated heterocycles. The fourth-order valence-corrected chi connectivity index (χ4v) is 3.45. The van der Waals surface area contributed by atoms with Crippen LogP contribution in [-0.4, -0.2) is 13.4 Å². The predicted molar refractivity (Wildman–Crippen MR) is 96.2 cm³/mol. The highest BCUT2D eigenvalue weighted by molar-refractivity contribution is 7.92. The first-order valence-corrected chi connectivity index (χ1v) is 8.96. The molecule has 0 atom stereocenters. The van der Waals surface area contributed by atoms with Crippen LogP contribution in [0.15, 0.2) is 77.8 Å². The molecule has 0 fully saturated rings. The monoisotopic (exact) mass is 359 g/mol. The number of halogens is 1. The number of anilines is 3. The van der Waals surface area contributed by atoms with E-state index in [2.05, 4.69) is 15.0 Å². The number of nitrogens with one attached hydrogen (secondary N) is 2. The average Bonchev–Trinajstić information content (AvgIpc) is 2.57. The van der Waals surface area contributed by atoms with E-state index in [1.807, 2.05) is 30.3 Å². The lowest BCUT2D eigenvalue weighted by Crippen LogP contribution is -2.14. The molecule has 5 nitrogen and oxygen atoms in total. The summed E-state index contributed by atoms with van der Waals surface area (Å²) in [6, 6.07) is 18.8. The Hall–Kier alpha value is -2.57. The molecule has 2 N–H and O–H groups in total. The minimum atomic E-state index is -3.77. The van der Waals surface area contributed by atoms with Crippen LogP contribution in [-0.2, 0) is 10.0 Å². The zero-order valence-electron chi connectivity index (χ0n) is 12.5. The first kappa shape index (κ1) is 16.3. The quantitative estimate of drug-likeness (QED) is 0.713.